The molecule has 1 saturated heterocycles. The average molecular weight is 292 g/mol. The van der Waals surface area contributed by atoms with E-state index in [0.717, 1.165) is 12.8 Å². The van der Waals surface area contributed by atoms with Crippen LogP contribution in [0.3, 0.4) is 0 Å². The Morgan fingerprint density at radius 1 is 1.00 bits per heavy atom. The summed E-state index contributed by atoms with van der Waals surface area (Å²) in [5.74, 6) is -1.46. The monoisotopic (exact) mass is 292 g/mol. The molecule has 0 spiro atoms. The molecule has 1 saturated carbocycles. The first kappa shape index (κ1) is 15.6. The van der Waals surface area contributed by atoms with Crippen molar-refractivity contribution in [3.8, 4) is 0 Å². The van der Waals surface area contributed by atoms with Crippen LogP contribution in [0.4, 0.5) is 0 Å². The summed E-state index contributed by atoms with van der Waals surface area (Å²) in [6.07, 6.45) is -6.54. The summed E-state index contributed by atoms with van der Waals surface area (Å²) in [6, 6.07) is 0. The lowest BCUT2D eigenvalue weighted by Crippen LogP contribution is -2.61. The summed E-state index contributed by atoms with van der Waals surface area (Å²) >= 11 is 0. The van der Waals surface area contributed by atoms with Gasteiger partial charge in [0.05, 0.1) is 12.2 Å². The first-order valence-corrected chi connectivity index (χ1v) is 6.68. The van der Waals surface area contributed by atoms with Crippen LogP contribution < -0.4 is 0 Å². The Morgan fingerprint density at radius 3 is 2.25 bits per heavy atom. The van der Waals surface area contributed by atoms with Crippen LogP contribution >= 0.6 is 0 Å². The Labute approximate surface area is 115 Å². The van der Waals surface area contributed by atoms with Gasteiger partial charge in [-0.3, -0.25) is 0 Å². The number of aliphatic carboxylic acids is 1. The highest BCUT2D eigenvalue weighted by atomic mass is 16.7. The fourth-order valence-electron chi connectivity index (χ4n) is 2.57. The van der Waals surface area contributed by atoms with Gasteiger partial charge in [-0.25, -0.2) is 4.79 Å². The lowest BCUT2D eigenvalue weighted by Gasteiger charge is -2.41. The van der Waals surface area contributed by atoms with Crippen molar-refractivity contribution in [1.82, 2.24) is 0 Å². The van der Waals surface area contributed by atoms with Crippen LogP contribution in [-0.2, 0) is 14.3 Å². The first-order chi connectivity index (χ1) is 9.41. The Balaban J connectivity index is 2.04. The fraction of sp³-hybridized carbons (Fsp3) is 0.917. The number of aliphatic hydroxyl groups is 4. The number of carboxylic acid groups (broad SMARTS) is 1. The summed E-state index contributed by atoms with van der Waals surface area (Å²) in [5.41, 5.74) is 0. The van der Waals surface area contributed by atoms with Crippen molar-refractivity contribution in [3.63, 3.8) is 0 Å². The normalized spacial score (nSPS) is 46.1. The molecular formula is C12H20O8. The highest BCUT2D eigenvalue weighted by Crippen LogP contribution is 2.28. The van der Waals surface area contributed by atoms with Crippen molar-refractivity contribution in [2.75, 3.05) is 0 Å². The van der Waals surface area contributed by atoms with Crippen LogP contribution in [0.25, 0.3) is 0 Å². The molecule has 0 bridgehead atoms. The summed E-state index contributed by atoms with van der Waals surface area (Å²) in [6.45, 7) is 0. The molecule has 0 aromatic heterocycles. The number of carboxylic acids is 1. The number of ether oxygens (including phenoxy) is 2. The van der Waals surface area contributed by atoms with E-state index in [-0.39, 0.29) is 0 Å². The van der Waals surface area contributed by atoms with Gasteiger partial charge in [-0.1, -0.05) is 12.8 Å². The van der Waals surface area contributed by atoms with Gasteiger partial charge in [0, 0.05) is 0 Å². The van der Waals surface area contributed by atoms with Gasteiger partial charge in [0.15, 0.2) is 12.4 Å². The summed E-state index contributed by atoms with van der Waals surface area (Å²) in [7, 11) is 0. The Kier molecular flexibility index (Phi) is 4.95. The van der Waals surface area contributed by atoms with Gasteiger partial charge in [0.2, 0.25) is 0 Å². The van der Waals surface area contributed by atoms with Crippen LogP contribution in [-0.4, -0.2) is 74.4 Å². The van der Waals surface area contributed by atoms with Gasteiger partial charge in [0.1, 0.15) is 18.3 Å². The lowest BCUT2D eigenvalue weighted by molar-refractivity contribution is -0.312. The molecule has 116 valence electrons. The Hall–Kier alpha value is -0.770. The van der Waals surface area contributed by atoms with E-state index in [9.17, 15) is 25.2 Å². The van der Waals surface area contributed by atoms with Crippen LogP contribution in [0.15, 0.2) is 0 Å². The minimum atomic E-state index is -1.74. The zero-order chi connectivity index (χ0) is 14.9. The first-order valence-electron chi connectivity index (χ1n) is 6.68. The second kappa shape index (κ2) is 6.33. The van der Waals surface area contributed by atoms with E-state index in [1.165, 1.54) is 0 Å². The third-order valence-corrected chi connectivity index (χ3v) is 3.79. The maximum atomic E-state index is 10.9. The molecule has 2 aliphatic rings. The third kappa shape index (κ3) is 3.11. The molecule has 2 fully saturated rings. The van der Waals surface area contributed by atoms with Gasteiger partial charge < -0.3 is 35.0 Å². The quantitative estimate of drug-likeness (QED) is 0.411. The highest BCUT2D eigenvalue weighted by Gasteiger charge is 2.48. The number of hydrogen-bond donors (Lipinski definition) is 5. The molecule has 1 aliphatic heterocycles. The van der Waals surface area contributed by atoms with Crippen LogP contribution in [0.5, 0.6) is 0 Å². The summed E-state index contributed by atoms with van der Waals surface area (Å²) < 4.78 is 10.4. The molecule has 0 radical (unpaired) electrons. The highest BCUT2D eigenvalue weighted by molar-refractivity contribution is 5.73. The zero-order valence-electron chi connectivity index (χ0n) is 10.8. The minimum absolute atomic E-state index is 0.557. The molecule has 0 aromatic carbocycles. The van der Waals surface area contributed by atoms with E-state index < -0.39 is 48.9 Å². The standard InChI is InChI=1S/C12H20O8/c13-5-3-1-2-4-6(5)19-12-9(16)7(14)8(15)10(20-12)11(17)18/h5-10,12-16H,1-4H2,(H,17,18)/t5-,6-,7-,8-,9+,10-,12+/m0/s1. The maximum Gasteiger partial charge on any atom is 0.335 e. The Bertz CT molecular complexity index is 348. The maximum absolute atomic E-state index is 10.9. The number of rotatable bonds is 3. The van der Waals surface area contributed by atoms with Crippen molar-refractivity contribution in [3.05, 3.63) is 0 Å². The number of carbonyl (C=O) groups is 1. The predicted octanol–water partition coefficient (Wildman–Crippen LogP) is -1.80. The van der Waals surface area contributed by atoms with E-state index in [0.29, 0.717) is 12.8 Å². The zero-order valence-corrected chi connectivity index (χ0v) is 10.8. The molecular weight excluding hydrogens is 272 g/mol. The molecule has 20 heavy (non-hydrogen) atoms. The summed E-state index contributed by atoms with van der Waals surface area (Å²) in [4.78, 5) is 10.9. The van der Waals surface area contributed by atoms with Gasteiger partial charge in [-0.05, 0) is 12.8 Å². The third-order valence-electron chi connectivity index (χ3n) is 3.79. The average Bonchev–Trinajstić information content (AvgIpc) is 2.41. The summed E-state index contributed by atoms with van der Waals surface area (Å²) in [5, 5.41) is 47.7. The van der Waals surface area contributed by atoms with Gasteiger partial charge >= 0.3 is 5.97 Å². The molecule has 5 N–H and O–H groups in total. The van der Waals surface area contributed by atoms with E-state index in [1.807, 2.05) is 0 Å². The number of aliphatic hydroxyl groups excluding tert-OH is 4. The van der Waals surface area contributed by atoms with E-state index in [1.54, 1.807) is 0 Å². The largest absolute Gasteiger partial charge is 0.479 e. The second-order valence-electron chi connectivity index (χ2n) is 5.26. The predicted molar refractivity (Wildman–Crippen MR) is 63.7 cm³/mol. The van der Waals surface area contributed by atoms with E-state index in [2.05, 4.69) is 0 Å². The van der Waals surface area contributed by atoms with Crippen molar-refractivity contribution < 1.29 is 39.8 Å². The molecule has 8 heteroatoms. The second-order valence-corrected chi connectivity index (χ2v) is 5.26. The van der Waals surface area contributed by atoms with Crippen LogP contribution in [0.2, 0.25) is 0 Å². The van der Waals surface area contributed by atoms with Crippen LogP contribution in [0, 0.1) is 0 Å². The van der Waals surface area contributed by atoms with Gasteiger partial charge in [0.25, 0.3) is 0 Å². The molecule has 7 atom stereocenters. The molecule has 0 aromatic rings. The van der Waals surface area contributed by atoms with Crippen LogP contribution in [0.1, 0.15) is 25.7 Å². The van der Waals surface area contributed by atoms with Crippen molar-refractivity contribution in [1.29, 1.82) is 0 Å². The van der Waals surface area contributed by atoms with E-state index in [4.69, 9.17) is 14.6 Å². The smallest absolute Gasteiger partial charge is 0.335 e. The van der Waals surface area contributed by atoms with Gasteiger partial charge in [-0.15, -0.1) is 0 Å². The molecule has 1 aliphatic carbocycles. The molecule has 0 amide bonds. The molecule has 0 unspecified atom stereocenters. The molecule has 2 rings (SSSR count). The van der Waals surface area contributed by atoms with Crippen molar-refractivity contribution in [2.24, 2.45) is 0 Å². The number of hydrogen-bond acceptors (Lipinski definition) is 7. The SMILES string of the molecule is O=C(O)[C@H]1O[C@@H](O[C@H]2CCCC[C@@H]2O)[C@H](O)[C@@H](O)[C@@H]1O. The molecule has 8 nitrogen and oxygen atoms in total. The van der Waals surface area contributed by atoms with Crippen molar-refractivity contribution >= 4 is 5.97 Å². The topological polar surface area (TPSA) is 137 Å². The lowest BCUT2D eigenvalue weighted by atomic mass is 9.94. The van der Waals surface area contributed by atoms with E-state index >= 15 is 0 Å². The Morgan fingerprint density at radius 2 is 1.65 bits per heavy atom. The fourth-order valence-corrected chi connectivity index (χ4v) is 2.57. The molecule has 1 heterocycles. The van der Waals surface area contributed by atoms with Gasteiger partial charge in [-0.2, -0.15) is 0 Å². The minimum Gasteiger partial charge on any atom is -0.479 e. The van der Waals surface area contributed by atoms with Crippen molar-refractivity contribution in [2.45, 2.75) is 68.6 Å².